The van der Waals surface area contributed by atoms with Gasteiger partial charge in [-0.05, 0) is 31.0 Å². The van der Waals surface area contributed by atoms with Gasteiger partial charge in [0.15, 0.2) is 0 Å². The first-order valence-corrected chi connectivity index (χ1v) is 7.64. The molecule has 2 heterocycles. The van der Waals surface area contributed by atoms with Crippen LogP contribution in [0.1, 0.15) is 34.0 Å². The van der Waals surface area contributed by atoms with Gasteiger partial charge in [0.1, 0.15) is 11.5 Å². The third-order valence-corrected chi connectivity index (χ3v) is 4.38. The molecule has 1 saturated heterocycles. The quantitative estimate of drug-likeness (QED) is 0.940. The zero-order chi connectivity index (χ0) is 16.4. The van der Waals surface area contributed by atoms with E-state index in [0.29, 0.717) is 12.1 Å². The molecule has 1 atom stereocenters. The molecule has 1 fully saturated rings. The molecular formula is C17H21N3O3. The molecule has 2 aromatic rings. The summed E-state index contributed by atoms with van der Waals surface area (Å²) in [5.74, 6) is 1.87. The second-order valence-corrected chi connectivity index (χ2v) is 5.79. The average molecular weight is 315 g/mol. The van der Waals surface area contributed by atoms with Crippen LogP contribution in [0.5, 0.6) is 11.5 Å². The van der Waals surface area contributed by atoms with Gasteiger partial charge in [0.05, 0.1) is 26.0 Å². The topological polar surface area (TPSA) is 67.5 Å². The van der Waals surface area contributed by atoms with Crippen LogP contribution in [0.25, 0.3) is 0 Å². The largest absolute Gasteiger partial charge is 0.497 e. The summed E-state index contributed by atoms with van der Waals surface area (Å²) >= 11 is 0. The van der Waals surface area contributed by atoms with Crippen molar-refractivity contribution in [1.82, 2.24) is 15.1 Å². The Hall–Kier alpha value is -2.50. The first kappa shape index (κ1) is 15.4. The Morgan fingerprint density at radius 1 is 1.26 bits per heavy atom. The minimum atomic E-state index is 0.0358. The number of aromatic nitrogens is 2. The van der Waals surface area contributed by atoms with Crippen LogP contribution in [0.15, 0.2) is 24.4 Å². The number of H-pyrrole nitrogens is 1. The number of benzene rings is 1. The molecule has 6 heteroatoms. The first-order valence-electron chi connectivity index (χ1n) is 7.64. The van der Waals surface area contributed by atoms with E-state index in [1.807, 2.05) is 30.0 Å². The number of ether oxygens (including phenoxy) is 2. The Labute approximate surface area is 135 Å². The van der Waals surface area contributed by atoms with Gasteiger partial charge in [-0.3, -0.25) is 9.89 Å². The molecule has 1 amide bonds. The fourth-order valence-corrected chi connectivity index (χ4v) is 3.02. The summed E-state index contributed by atoms with van der Waals surface area (Å²) in [6.07, 6.45) is 2.53. The number of rotatable bonds is 4. The number of nitrogens with zero attached hydrogens (tertiary/aromatic N) is 2. The van der Waals surface area contributed by atoms with Gasteiger partial charge in [0.25, 0.3) is 5.91 Å². The Balaban J connectivity index is 1.77. The minimum Gasteiger partial charge on any atom is -0.497 e. The Morgan fingerprint density at radius 2 is 1.96 bits per heavy atom. The molecular weight excluding hydrogens is 294 g/mol. The summed E-state index contributed by atoms with van der Waals surface area (Å²) in [6, 6.07) is 5.89. The normalized spacial score (nSPS) is 17.3. The number of hydrogen-bond acceptors (Lipinski definition) is 4. The molecule has 6 nitrogen and oxygen atoms in total. The number of carbonyl (C=O) groups is 1. The maximum Gasteiger partial charge on any atom is 0.257 e. The standard InChI is InChI=1S/C17H21N3O3/c1-11-16(9-18-19-11)17(21)20-5-4-12(10-20)13-6-14(22-2)8-15(7-13)23-3/h6-9,12H,4-5,10H2,1-3H3,(H,18,19). The molecule has 23 heavy (non-hydrogen) atoms. The van der Waals surface area contributed by atoms with Crippen molar-refractivity contribution in [2.75, 3.05) is 27.3 Å². The fraction of sp³-hybridized carbons (Fsp3) is 0.412. The fourth-order valence-electron chi connectivity index (χ4n) is 3.02. The average Bonchev–Trinajstić information content (AvgIpc) is 3.22. The maximum absolute atomic E-state index is 12.6. The van der Waals surface area contributed by atoms with E-state index >= 15 is 0 Å². The summed E-state index contributed by atoms with van der Waals surface area (Å²) in [4.78, 5) is 14.5. The molecule has 0 spiro atoms. The van der Waals surface area contributed by atoms with Crippen LogP contribution in [0.3, 0.4) is 0 Å². The smallest absolute Gasteiger partial charge is 0.257 e. The highest BCUT2D eigenvalue weighted by Crippen LogP contribution is 2.33. The summed E-state index contributed by atoms with van der Waals surface area (Å²) in [7, 11) is 3.29. The lowest BCUT2D eigenvalue weighted by molar-refractivity contribution is 0.0790. The monoisotopic (exact) mass is 315 g/mol. The summed E-state index contributed by atoms with van der Waals surface area (Å²) in [5.41, 5.74) is 2.59. The lowest BCUT2D eigenvalue weighted by atomic mass is 9.98. The third-order valence-electron chi connectivity index (χ3n) is 4.38. The van der Waals surface area contributed by atoms with Crippen molar-refractivity contribution in [2.24, 2.45) is 0 Å². The van der Waals surface area contributed by atoms with E-state index in [-0.39, 0.29) is 11.8 Å². The number of carbonyl (C=O) groups excluding carboxylic acids is 1. The molecule has 1 N–H and O–H groups in total. The Morgan fingerprint density at radius 3 is 2.52 bits per heavy atom. The highest BCUT2D eigenvalue weighted by molar-refractivity contribution is 5.95. The number of nitrogens with one attached hydrogen (secondary N) is 1. The van der Waals surface area contributed by atoms with Gasteiger partial charge in [0.2, 0.25) is 0 Å². The van der Waals surface area contributed by atoms with Crippen LogP contribution in [0.2, 0.25) is 0 Å². The first-order chi connectivity index (χ1) is 11.1. The molecule has 1 aliphatic heterocycles. The molecule has 0 aliphatic carbocycles. The molecule has 122 valence electrons. The molecule has 0 radical (unpaired) electrons. The predicted octanol–water partition coefficient (Wildman–Crippen LogP) is 2.37. The zero-order valence-electron chi connectivity index (χ0n) is 13.6. The van der Waals surface area contributed by atoms with E-state index in [9.17, 15) is 4.79 Å². The highest BCUT2D eigenvalue weighted by Gasteiger charge is 2.29. The number of aromatic amines is 1. The molecule has 1 aromatic carbocycles. The SMILES string of the molecule is COc1cc(OC)cc(C2CCN(C(=O)c3cn[nH]c3C)C2)c1. The van der Waals surface area contributed by atoms with Crippen molar-refractivity contribution in [3.8, 4) is 11.5 Å². The molecule has 1 aliphatic rings. The van der Waals surface area contributed by atoms with E-state index in [0.717, 1.165) is 35.7 Å². The van der Waals surface area contributed by atoms with Gasteiger partial charge in [-0.2, -0.15) is 5.10 Å². The molecule has 0 bridgehead atoms. The minimum absolute atomic E-state index is 0.0358. The Kier molecular flexibility index (Phi) is 4.23. The van der Waals surface area contributed by atoms with Crippen LogP contribution in [-0.2, 0) is 0 Å². The van der Waals surface area contributed by atoms with Gasteiger partial charge < -0.3 is 14.4 Å². The van der Waals surface area contributed by atoms with E-state index in [1.54, 1.807) is 20.4 Å². The van der Waals surface area contributed by atoms with E-state index in [4.69, 9.17) is 9.47 Å². The van der Waals surface area contributed by atoms with Gasteiger partial charge in [-0.1, -0.05) is 0 Å². The number of aryl methyl sites for hydroxylation is 1. The lowest BCUT2D eigenvalue weighted by Crippen LogP contribution is -2.28. The number of amides is 1. The maximum atomic E-state index is 12.6. The molecule has 3 rings (SSSR count). The number of methoxy groups -OCH3 is 2. The predicted molar refractivity (Wildman–Crippen MR) is 86.1 cm³/mol. The van der Waals surface area contributed by atoms with Gasteiger partial charge >= 0.3 is 0 Å². The van der Waals surface area contributed by atoms with Crippen LogP contribution in [0, 0.1) is 6.92 Å². The number of likely N-dealkylation sites (tertiary alicyclic amines) is 1. The molecule has 1 unspecified atom stereocenters. The molecule has 0 saturated carbocycles. The van der Waals surface area contributed by atoms with Crippen LogP contribution >= 0.6 is 0 Å². The highest BCUT2D eigenvalue weighted by atomic mass is 16.5. The van der Waals surface area contributed by atoms with Gasteiger partial charge in [0, 0.05) is 30.8 Å². The number of hydrogen-bond donors (Lipinski definition) is 1. The van der Waals surface area contributed by atoms with Crippen molar-refractivity contribution in [2.45, 2.75) is 19.3 Å². The van der Waals surface area contributed by atoms with Crippen LogP contribution < -0.4 is 9.47 Å². The van der Waals surface area contributed by atoms with Crippen molar-refractivity contribution in [3.63, 3.8) is 0 Å². The summed E-state index contributed by atoms with van der Waals surface area (Å²) in [6.45, 7) is 3.30. The van der Waals surface area contributed by atoms with E-state index in [1.165, 1.54) is 0 Å². The third kappa shape index (κ3) is 3.02. The Bertz CT molecular complexity index is 689. The van der Waals surface area contributed by atoms with Crippen molar-refractivity contribution in [3.05, 3.63) is 41.2 Å². The van der Waals surface area contributed by atoms with Crippen molar-refractivity contribution < 1.29 is 14.3 Å². The molecule has 1 aromatic heterocycles. The summed E-state index contributed by atoms with van der Waals surface area (Å²) < 4.78 is 10.7. The van der Waals surface area contributed by atoms with E-state index in [2.05, 4.69) is 10.2 Å². The zero-order valence-corrected chi connectivity index (χ0v) is 13.6. The van der Waals surface area contributed by atoms with E-state index < -0.39 is 0 Å². The van der Waals surface area contributed by atoms with Crippen molar-refractivity contribution in [1.29, 1.82) is 0 Å². The van der Waals surface area contributed by atoms with Gasteiger partial charge in [-0.15, -0.1) is 0 Å². The van der Waals surface area contributed by atoms with Crippen molar-refractivity contribution >= 4 is 5.91 Å². The summed E-state index contributed by atoms with van der Waals surface area (Å²) in [5, 5.41) is 6.75. The van der Waals surface area contributed by atoms with Crippen LogP contribution in [-0.4, -0.2) is 48.3 Å². The second-order valence-electron chi connectivity index (χ2n) is 5.79. The second kappa shape index (κ2) is 6.32. The van der Waals surface area contributed by atoms with Crippen LogP contribution in [0.4, 0.5) is 0 Å². The lowest BCUT2D eigenvalue weighted by Gasteiger charge is -2.17. The van der Waals surface area contributed by atoms with Gasteiger partial charge in [-0.25, -0.2) is 0 Å².